The summed E-state index contributed by atoms with van der Waals surface area (Å²) in [5.41, 5.74) is 2.96. The van der Waals surface area contributed by atoms with Crippen LogP contribution in [0.1, 0.15) is 45.1 Å². The third-order valence-corrected chi connectivity index (χ3v) is 5.13. The van der Waals surface area contributed by atoms with Gasteiger partial charge in [0.05, 0.1) is 17.8 Å². The molecule has 0 saturated heterocycles. The van der Waals surface area contributed by atoms with Gasteiger partial charge >= 0.3 is 0 Å². The van der Waals surface area contributed by atoms with E-state index in [0.29, 0.717) is 12.4 Å². The van der Waals surface area contributed by atoms with Crippen molar-refractivity contribution in [3.05, 3.63) is 42.4 Å². The van der Waals surface area contributed by atoms with E-state index < -0.39 is 0 Å². The average molecular weight is 409 g/mol. The number of aryl methyl sites for hydroxylation is 1. The molecule has 7 heteroatoms. The molecule has 3 rings (SSSR count). The fraction of sp³-hybridized carbons (Fsp3) is 0.435. The van der Waals surface area contributed by atoms with E-state index >= 15 is 0 Å². The zero-order chi connectivity index (χ0) is 21.3. The van der Waals surface area contributed by atoms with Gasteiger partial charge in [-0.05, 0) is 43.4 Å². The number of ether oxygens (including phenoxy) is 1. The first kappa shape index (κ1) is 21.6. The Morgan fingerprint density at radius 2 is 2.10 bits per heavy atom. The molecule has 0 unspecified atom stereocenters. The molecule has 1 aromatic carbocycles. The summed E-state index contributed by atoms with van der Waals surface area (Å²) in [4.78, 5) is 14.0. The van der Waals surface area contributed by atoms with Gasteiger partial charge in [-0.15, -0.1) is 0 Å². The number of unbranched alkanes of at least 4 members (excludes halogenated alkanes) is 1. The van der Waals surface area contributed by atoms with Gasteiger partial charge in [-0.3, -0.25) is 5.41 Å². The van der Waals surface area contributed by atoms with Gasteiger partial charge in [-0.1, -0.05) is 19.9 Å². The molecule has 0 atom stereocenters. The van der Waals surface area contributed by atoms with Crippen molar-refractivity contribution in [1.29, 1.82) is 5.41 Å². The molecule has 0 spiro atoms. The SMILES string of the molecule is CCCN(C)C(=N)CCCCOc1cccc(Nc2ncnc3[nH]cc(CC)c23)c1. The van der Waals surface area contributed by atoms with E-state index in [2.05, 4.69) is 34.1 Å². The Morgan fingerprint density at radius 3 is 2.90 bits per heavy atom. The topological polar surface area (TPSA) is 89.9 Å². The number of anilines is 2. The van der Waals surface area contributed by atoms with E-state index in [9.17, 15) is 0 Å². The van der Waals surface area contributed by atoms with Crippen LogP contribution < -0.4 is 10.1 Å². The zero-order valence-corrected chi connectivity index (χ0v) is 18.2. The number of nitrogens with one attached hydrogen (secondary N) is 3. The maximum atomic E-state index is 8.07. The highest BCUT2D eigenvalue weighted by Crippen LogP contribution is 2.27. The number of hydrogen-bond acceptors (Lipinski definition) is 5. The van der Waals surface area contributed by atoms with E-state index in [1.54, 1.807) is 6.33 Å². The fourth-order valence-electron chi connectivity index (χ4n) is 3.45. The van der Waals surface area contributed by atoms with Crippen molar-refractivity contribution in [1.82, 2.24) is 19.9 Å². The molecule has 0 aliphatic rings. The lowest BCUT2D eigenvalue weighted by Crippen LogP contribution is -2.26. The third-order valence-electron chi connectivity index (χ3n) is 5.13. The summed E-state index contributed by atoms with van der Waals surface area (Å²) >= 11 is 0. The van der Waals surface area contributed by atoms with E-state index in [0.717, 1.165) is 66.9 Å². The van der Waals surface area contributed by atoms with Crippen LogP contribution in [-0.2, 0) is 6.42 Å². The van der Waals surface area contributed by atoms with Crippen molar-refractivity contribution < 1.29 is 4.74 Å². The lowest BCUT2D eigenvalue weighted by Gasteiger charge is -2.18. The van der Waals surface area contributed by atoms with Gasteiger partial charge in [0.2, 0.25) is 0 Å². The van der Waals surface area contributed by atoms with Crippen molar-refractivity contribution in [3.8, 4) is 5.75 Å². The molecule has 0 bridgehead atoms. The van der Waals surface area contributed by atoms with Crippen molar-refractivity contribution in [2.75, 3.05) is 25.5 Å². The Labute approximate surface area is 178 Å². The van der Waals surface area contributed by atoms with Crippen molar-refractivity contribution in [2.45, 2.75) is 46.0 Å². The number of H-pyrrole nitrogens is 1. The third kappa shape index (κ3) is 5.49. The van der Waals surface area contributed by atoms with Gasteiger partial charge in [0.1, 0.15) is 23.5 Å². The van der Waals surface area contributed by atoms with Gasteiger partial charge in [-0.25, -0.2) is 9.97 Å². The minimum absolute atomic E-state index is 0.643. The van der Waals surface area contributed by atoms with Gasteiger partial charge in [0, 0.05) is 38.0 Å². The van der Waals surface area contributed by atoms with Crippen LogP contribution in [0, 0.1) is 5.41 Å². The Kier molecular flexibility index (Phi) is 7.65. The minimum Gasteiger partial charge on any atom is -0.494 e. The van der Waals surface area contributed by atoms with Gasteiger partial charge in [0.25, 0.3) is 0 Å². The largest absolute Gasteiger partial charge is 0.494 e. The normalized spacial score (nSPS) is 10.9. The summed E-state index contributed by atoms with van der Waals surface area (Å²) in [6.07, 6.45) is 8.21. The zero-order valence-electron chi connectivity index (χ0n) is 18.2. The standard InChI is InChI=1S/C23H32N6O/c1-4-12-29(3)20(24)11-6-7-13-30-19-10-8-9-18(14-19)28-23-21-17(5-2)15-25-22(21)26-16-27-23/h8-10,14-16,24H,4-7,11-13H2,1-3H3,(H2,25,26,27,28). The van der Waals surface area contributed by atoms with Gasteiger partial charge in [0.15, 0.2) is 0 Å². The molecule has 0 aliphatic carbocycles. The Bertz CT molecular complexity index is 967. The number of aromatic amines is 1. The molecule has 7 nitrogen and oxygen atoms in total. The Morgan fingerprint density at radius 1 is 1.23 bits per heavy atom. The number of nitrogens with zero attached hydrogens (tertiary/aromatic N) is 3. The lowest BCUT2D eigenvalue weighted by atomic mass is 10.2. The number of hydrogen-bond donors (Lipinski definition) is 3. The van der Waals surface area contributed by atoms with Gasteiger partial charge < -0.3 is 19.9 Å². The highest BCUT2D eigenvalue weighted by molar-refractivity contribution is 5.92. The molecule has 0 fully saturated rings. The molecule has 0 amide bonds. The van der Waals surface area contributed by atoms with Crippen LogP contribution in [0.5, 0.6) is 5.75 Å². The minimum atomic E-state index is 0.643. The van der Waals surface area contributed by atoms with Crippen molar-refractivity contribution in [2.24, 2.45) is 0 Å². The summed E-state index contributed by atoms with van der Waals surface area (Å²) in [5, 5.41) is 12.5. The van der Waals surface area contributed by atoms with Crippen molar-refractivity contribution >= 4 is 28.4 Å². The summed E-state index contributed by atoms with van der Waals surface area (Å²) in [6.45, 7) is 5.84. The molecular weight excluding hydrogens is 376 g/mol. The summed E-state index contributed by atoms with van der Waals surface area (Å²) in [7, 11) is 1.99. The second-order valence-corrected chi connectivity index (χ2v) is 7.44. The smallest absolute Gasteiger partial charge is 0.143 e. The first-order valence-corrected chi connectivity index (χ1v) is 10.7. The van der Waals surface area contributed by atoms with Crippen LogP contribution >= 0.6 is 0 Å². The molecule has 30 heavy (non-hydrogen) atoms. The second-order valence-electron chi connectivity index (χ2n) is 7.44. The maximum Gasteiger partial charge on any atom is 0.143 e. The summed E-state index contributed by atoms with van der Waals surface area (Å²) in [5.74, 6) is 2.33. The molecule has 3 N–H and O–H groups in total. The number of rotatable bonds is 11. The maximum absolute atomic E-state index is 8.07. The predicted molar refractivity (Wildman–Crippen MR) is 123 cm³/mol. The number of aromatic nitrogens is 3. The van der Waals surface area contributed by atoms with Gasteiger partial charge in [-0.2, -0.15) is 0 Å². The Hall–Kier alpha value is -3.09. The molecule has 0 radical (unpaired) electrons. The summed E-state index contributed by atoms with van der Waals surface area (Å²) in [6, 6.07) is 7.93. The molecule has 0 aliphatic heterocycles. The van der Waals surface area contributed by atoms with Crippen LogP contribution in [0.4, 0.5) is 11.5 Å². The summed E-state index contributed by atoms with van der Waals surface area (Å²) < 4.78 is 5.93. The quantitative estimate of drug-likeness (QED) is 0.232. The highest BCUT2D eigenvalue weighted by atomic mass is 16.5. The molecule has 3 aromatic rings. The van der Waals surface area contributed by atoms with Crippen LogP contribution in [0.25, 0.3) is 11.0 Å². The molecule has 2 aromatic heterocycles. The highest BCUT2D eigenvalue weighted by Gasteiger charge is 2.10. The van der Waals surface area contributed by atoms with E-state index in [1.165, 1.54) is 5.56 Å². The monoisotopic (exact) mass is 408 g/mol. The number of fused-ring (bicyclic) bond motifs is 1. The molecule has 0 saturated carbocycles. The van der Waals surface area contributed by atoms with E-state index in [-0.39, 0.29) is 0 Å². The van der Waals surface area contributed by atoms with Crippen LogP contribution in [0.2, 0.25) is 0 Å². The van der Waals surface area contributed by atoms with Crippen LogP contribution in [-0.4, -0.2) is 45.9 Å². The van der Waals surface area contributed by atoms with Crippen molar-refractivity contribution in [3.63, 3.8) is 0 Å². The van der Waals surface area contributed by atoms with E-state index in [4.69, 9.17) is 10.1 Å². The number of benzene rings is 1. The average Bonchev–Trinajstić information content (AvgIpc) is 3.18. The van der Waals surface area contributed by atoms with Crippen LogP contribution in [0.15, 0.2) is 36.8 Å². The predicted octanol–water partition coefficient (Wildman–Crippen LogP) is 5.13. The lowest BCUT2D eigenvalue weighted by molar-refractivity contribution is 0.307. The molecule has 160 valence electrons. The van der Waals surface area contributed by atoms with Crippen LogP contribution in [0.3, 0.4) is 0 Å². The molecular formula is C23H32N6O. The first-order valence-electron chi connectivity index (χ1n) is 10.7. The second kappa shape index (κ2) is 10.6. The first-order chi connectivity index (χ1) is 14.6. The Balaban J connectivity index is 1.53. The molecule has 2 heterocycles. The number of amidine groups is 1. The fourth-order valence-corrected chi connectivity index (χ4v) is 3.45. The van der Waals surface area contributed by atoms with E-state index in [1.807, 2.05) is 42.4 Å².